The third-order valence-corrected chi connectivity index (χ3v) is 7.08. The molecular formula is C25H33Cl2N3O4S. The second kappa shape index (κ2) is 12.6. The highest BCUT2D eigenvalue weighted by atomic mass is 35.5. The van der Waals surface area contributed by atoms with Crippen LogP contribution in [0.25, 0.3) is 0 Å². The fraction of sp³-hybridized carbons (Fsp3) is 0.440. The predicted octanol–water partition coefficient (Wildman–Crippen LogP) is 4.65. The van der Waals surface area contributed by atoms with E-state index in [9.17, 15) is 18.0 Å². The van der Waals surface area contributed by atoms with Gasteiger partial charge in [0.15, 0.2) is 0 Å². The Morgan fingerprint density at radius 2 is 1.69 bits per heavy atom. The normalized spacial score (nSPS) is 12.3. The van der Waals surface area contributed by atoms with Gasteiger partial charge >= 0.3 is 0 Å². The van der Waals surface area contributed by atoms with Gasteiger partial charge in [0, 0.05) is 18.1 Å². The molecule has 0 saturated carbocycles. The minimum absolute atomic E-state index is 0.0996. The zero-order chi connectivity index (χ0) is 26.3. The first-order chi connectivity index (χ1) is 16.3. The highest BCUT2D eigenvalue weighted by Gasteiger charge is 2.32. The molecule has 0 bridgehead atoms. The molecule has 10 heteroatoms. The lowest BCUT2D eigenvalue weighted by molar-refractivity contribution is -0.140. The number of nitrogens with one attached hydrogen (secondary N) is 1. The molecule has 0 aliphatic carbocycles. The van der Waals surface area contributed by atoms with Gasteiger partial charge in [0.1, 0.15) is 12.6 Å². The second-order valence-electron chi connectivity index (χ2n) is 8.94. The van der Waals surface area contributed by atoms with Crippen LogP contribution >= 0.6 is 23.2 Å². The number of hydrogen-bond acceptors (Lipinski definition) is 4. The molecular weight excluding hydrogens is 509 g/mol. The third kappa shape index (κ3) is 8.40. The monoisotopic (exact) mass is 541 g/mol. The number of nitrogens with zero attached hydrogens (tertiary/aromatic N) is 2. The fourth-order valence-electron chi connectivity index (χ4n) is 3.50. The molecule has 0 heterocycles. The molecule has 2 amide bonds. The smallest absolute Gasteiger partial charge is 0.244 e. The van der Waals surface area contributed by atoms with Crippen LogP contribution in [0.1, 0.15) is 38.3 Å². The number of rotatable bonds is 11. The number of carbonyl (C=O) groups excluding carboxylic acids is 2. The van der Waals surface area contributed by atoms with E-state index in [1.807, 2.05) is 52.0 Å². The van der Waals surface area contributed by atoms with Gasteiger partial charge in [-0.3, -0.25) is 13.9 Å². The SMILES string of the molecule is CC[C@H](C(=O)NCC(C)C)N(Cc1ccc(C)cc1)C(=O)CN(c1cc(Cl)ccc1Cl)S(C)(=O)=O. The summed E-state index contributed by atoms with van der Waals surface area (Å²) in [6, 6.07) is 11.2. The van der Waals surface area contributed by atoms with E-state index < -0.39 is 28.5 Å². The van der Waals surface area contributed by atoms with Crippen molar-refractivity contribution in [1.29, 1.82) is 0 Å². The van der Waals surface area contributed by atoms with E-state index in [0.29, 0.717) is 13.0 Å². The average molecular weight is 543 g/mol. The number of benzene rings is 2. The third-order valence-electron chi connectivity index (χ3n) is 5.40. The summed E-state index contributed by atoms with van der Waals surface area (Å²) in [5.74, 6) is -0.574. The van der Waals surface area contributed by atoms with Crippen molar-refractivity contribution in [2.45, 2.75) is 46.7 Å². The minimum Gasteiger partial charge on any atom is -0.354 e. The molecule has 0 aliphatic rings. The molecule has 35 heavy (non-hydrogen) atoms. The van der Waals surface area contributed by atoms with Gasteiger partial charge in [-0.25, -0.2) is 8.42 Å². The number of aryl methyl sites for hydroxylation is 1. The summed E-state index contributed by atoms with van der Waals surface area (Å²) in [7, 11) is -3.90. The number of halogens is 2. The lowest BCUT2D eigenvalue weighted by Gasteiger charge is -2.33. The Morgan fingerprint density at radius 3 is 2.23 bits per heavy atom. The molecule has 0 spiro atoms. The molecule has 2 aromatic carbocycles. The number of amides is 2. The molecule has 0 fully saturated rings. The molecule has 0 aliphatic heterocycles. The average Bonchev–Trinajstić information content (AvgIpc) is 2.78. The maximum absolute atomic E-state index is 13.6. The molecule has 7 nitrogen and oxygen atoms in total. The summed E-state index contributed by atoms with van der Waals surface area (Å²) >= 11 is 12.3. The first-order valence-electron chi connectivity index (χ1n) is 11.4. The van der Waals surface area contributed by atoms with Crippen LogP contribution in [0.2, 0.25) is 10.0 Å². The summed E-state index contributed by atoms with van der Waals surface area (Å²) in [5.41, 5.74) is 1.99. The van der Waals surface area contributed by atoms with Crippen molar-refractivity contribution in [2.24, 2.45) is 5.92 Å². The molecule has 192 valence electrons. The largest absolute Gasteiger partial charge is 0.354 e. The van der Waals surface area contributed by atoms with Gasteiger partial charge in [0.2, 0.25) is 21.8 Å². The first-order valence-corrected chi connectivity index (χ1v) is 14.0. The molecule has 2 aromatic rings. The Kier molecular flexibility index (Phi) is 10.4. The minimum atomic E-state index is -3.90. The van der Waals surface area contributed by atoms with Crippen LogP contribution in [0, 0.1) is 12.8 Å². The molecule has 0 saturated heterocycles. The zero-order valence-electron chi connectivity index (χ0n) is 20.7. The second-order valence-corrected chi connectivity index (χ2v) is 11.7. The standard InChI is InChI=1S/C25H33Cl2N3O4S/c1-6-22(25(32)28-14-17(2)3)29(15-19-9-7-18(4)8-10-19)24(31)16-30(35(5,33)34)23-13-20(26)11-12-21(23)27/h7-13,17,22H,6,14-16H2,1-5H3,(H,28,32)/t22-/m1/s1. The molecule has 0 unspecified atom stereocenters. The zero-order valence-corrected chi connectivity index (χ0v) is 23.0. The molecule has 0 aromatic heterocycles. The molecule has 1 atom stereocenters. The number of sulfonamides is 1. The molecule has 1 N–H and O–H groups in total. The topological polar surface area (TPSA) is 86.8 Å². The van der Waals surface area contributed by atoms with Crippen molar-refractivity contribution in [3.8, 4) is 0 Å². The Morgan fingerprint density at radius 1 is 1.06 bits per heavy atom. The van der Waals surface area contributed by atoms with E-state index in [2.05, 4.69) is 5.32 Å². The van der Waals surface area contributed by atoms with Gasteiger partial charge in [-0.15, -0.1) is 0 Å². The quantitative estimate of drug-likeness (QED) is 0.448. The summed E-state index contributed by atoms with van der Waals surface area (Å²) in [4.78, 5) is 28.1. The lowest BCUT2D eigenvalue weighted by Crippen LogP contribution is -2.52. The Labute approximate surface area is 218 Å². The van der Waals surface area contributed by atoms with Gasteiger partial charge in [-0.1, -0.05) is 73.8 Å². The number of carbonyl (C=O) groups is 2. The van der Waals surface area contributed by atoms with Gasteiger partial charge in [-0.2, -0.15) is 0 Å². The Hall–Kier alpha value is -2.29. The summed E-state index contributed by atoms with van der Waals surface area (Å²) in [6.45, 7) is 7.82. The van der Waals surface area contributed by atoms with Gasteiger partial charge in [0.05, 0.1) is 17.0 Å². The van der Waals surface area contributed by atoms with Crippen LogP contribution in [-0.2, 0) is 26.2 Å². The maximum Gasteiger partial charge on any atom is 0.244 e. The van der Waals surface area contributed by atoms with Crippen molar-refractivity contribution >= 4 is 50.7 Å². The van der Waals surface area contributed by atoms with Gasteiger partial charge < -0.3 is 10.2 Å². The van der Waals surface area contributed by atoms with Crippen molar-refractivity contribution in [1.82, 2.24) is 10.2 Å². The first kappa shape index (κ1) is 28.9. The molecule has 2 rings (SSSR count). The Balaban J connectivity index is 2.45. The molecule has 0 radical (unpaired) electrons. The summed E-state index contributed by atoms with van der Waals surface area (Å²) in [6.07, 6.45) is 1.35. The van der Waals surface area contributed by atoms with Gasteiger partial charge in [0.25, 0.3) is 0 Å². The van der Waals surface area contributed by atoms with E-state index in [0.717, 1.165) is 21.7 Å². The van der Waals surface area contributed by atoms with Crippen LogP contribution in [0.4, 0.5) is 5.69 Å². The highest BCUT2D eigenvalue weighted by Crippen LogP contribution is 2.31. The van der Waals surface area contributed by atoms with E-state index in [1.165, 1.54) is 23.1 Å². The van der Waals surface area contributed by atoms with E-state index in [1.54, 1.807) is 0 Å². The maximum atomic E-state index is 13.6. The van der Waals surface area contributed by atoms with Crippen molar-refractivity contribution in [2.75, 3.05) is 23.7 Å². The van der Waals surface area contributed by atoms with Crippen molar-refractivity contribution < 1.29 is 18.0 Å². The fourth-order valence-corrected chi connectivity index (χ4v) is 4.79. The van der Waals surface area contributed by atoms with Crippen LogP contribution in [0.5, 0.6) is 0 Å². The summed E-state index contributed by atoms with van der Waals surface area (Å²) < 4.78 is 26.3. The van der Waals surface area contributed by atoms with Crippen LogP contribution < -0.4 is 9.62 Å². The lowest BCUT2D eigenvalue weighted by atomic mass is 10.1. The van der Waals surface area contributed by atoms with E-state index in [-0.39, 0.29) is 34.1 Å². The number of hydrogen-bond donors (Lipinski definition) is 1. The van der Waals surface area contributed by atoms with Crippen molar-refractivity contribution in [3.63, 3.8) is 0 Å². The summed E-state index contributed by atoms with van der Waals surface area (Å²) in [5, 5.41) is 3.31. The Bertz CT molecular complexity index is 1140. The van der Waals surface area contributed by atoms with Crippen LogP contribution in [0.15, 0.2) is 42.5 Å². The highest BCUT2D eigenvalue weighted by molar-refractivity contribution is 7.92. The van der Waals surface area contributed by atoms with E-state index >= 15 is 0 Å². The van der Waals surface area contributed by atoms with Gasteiger partial charge in [-0.05, 0) is 43.0 Å². The van der Waals surface area contributed by atoms with Crippen LogP contribution in [0.3, 0.4) is 0 Å². The van der Waals surface area contributed by atoms with E-state index in [4.69, 9.17) is 23.2 Å². The number of anilines is 1. The van der Waals surface area contributed by atoms with Crippen LogP contribution in [-0.4, -0.2) is 50.5 Å². The predicted molar refractivity (Wildman–Crippen MR) is 142 cm³/mol. The van der Waals surface area contributed by atoms with Crippen molar-refractivity contribution in [3.05, 3.63) is 63.6 Å².